The van der Waals surface area contributed by atoms with Gasteiger partial charge in [0.05, 0.1) is 18.0 Å². The van der Waals surface area contributed by atoms with E-state index in [1.165, 1.54) is 0 Å². The maximum atomic E-state index is 9.22. The Morgan fingerprint density at radius 1 is 0.917 bits per heavy atom. The Morgan fingerprint density at radius 3 is 2.00 bits per heavy atom. The quantitative estimate of drug-likeness (QED) is 0.318. The molecule has 5 N–H and O–H groups in total. The first kappa shape index (κ1) is 10.2. The Hall–Kier alpha value is 0.150. The lowest BCUT2D eigenvalue weighted by molar-refractivity contribution is -0.0953. The smallest absolute Gasteiger partial charge is 0.128 e. The molecule has 0 aromatic carbocycles. The van der Waals surface area contributed by atoms with Crippen LogP contribution in [0, 0.1) is 0 Å². The van der Waals surface area contributed by atoms with Crippen LogP contribution in [0.5, 0.6) is 0 Å². The lowest BCUT2D eigenvalue weighted by Crippen LogP contribution is -2.53. The van der Waals surface area contributed by atoms with Crippen LogP contribution in [0.3, 0.4) is 0 Å². The first-order valence-corrected chi connectivity index (χ1v) is 4.50. The summed E-state index contributed by atoms with van der Waals surface area (Å²) in [6.45, 7) is -0.341. The summed E-state index contributed by atoms with van der Waals surface area (Å²) in [4.78, 5) is 0. The van der Waals surface area contributed by atoms with Gasteiger partial charge in [-0.1, -0.05) is 0 Å². The van der Waals surface area contributed by atoms with E-state index < -0.39 is 29.0 Å². The Morgan fingerprint density at radius 2 is 1.50 bits per heavy atom. The molecule has 0 aromatic heterocycles. The van der Waals surface area contributed by atoms with Gasteiger partial charge >= 0.3 is 0 Å². The van der Waals surface area contributed by atoms with E-state index in [0.717, 1.165) is 11.8 Å². The maximum Gasteiger partial charge on any atom is 0.128 e. The van der Waals surface area contributed by atoms with Gasteiger partial charge in [-0.15, -0.1) is 11.8 Å². The van der Waals surface area contributed by atoms with Crippen LogP contribution < -0.4 is 0 Å². The van der Waals surface area contributed by atoms with E-state index in [4.69, 9.17) is 20.4 Å². The molecule has 5 atom stereocenters. The third-order valence-corrected chi connectivity index (χ3v) is 3.20. The SMILES string of the molecule is OC[C@@H]1SC(O)[C@@H](O)[C@H](O)[C@H]1O. The van der Waals surface area contributed by atoms with E-state index in [2.05, 4.69) is 0 Å². The molecule has 1 unspecified atom stereocenters. The minimum Gasteiger partial charge on any atom is -0.395 e. The number of aliphatic hydroxyl groups excluding tert-OH is 5. The summed E-state index contributed by atoms with van der Waals surface area (Å²) in [7, 11) is 0. The summed E-state index contributed by atoms with van der Waals surface area (Å²) >= 11 is 0.852. The predicted molar refractivity (Wildman–Crippen MR) is 42.5 cm³/mol. The van der Waals surface area contributed by atoms with E-state index in [-0.39, 0.29) is 6.61 Å². The molecule has 0 amide bonds. The van der Waals surface area contributed by atoms with Crippen molar-refractivity contribution in [3.05, 3.63) is 0 Å². The molecule has 1 saturated heterocycles. The Labute approximate surface area is 73.7 Å². The summed E-state index contributed by atoms with van der Waals surface area (Å²) in [6, 6.07) is 0. The van der Waals surface area contributed by atoms with Gasteiger partial charge in [-0.25, -0.2) is 0 Å². The second-order valence-corrected chi connectivity index (χ2v) is 4.08. The average Bonchev–Trinajstić information content (AvgIpc) is 2.08. The molecule has 0 bridgehead atoms. The van der Waals surface area contributed by atoms with Crippen LogP contribution in [0.15, 0.2) is 0 Å². The number of aliphatic hydroxyl groups is 5. The Kier molecular flexibility index (Phi) is 3.33. The third-order valence-electron chi connectivity index (χ3n) is 1.87. The van der Waals surface area contributed by atoms with Gasteiger partial charge in [-0.05, 0) is 0 Å². The number of hydrogen-bond donors (Lipinski definition) is 5. The van der Waals surface area contributed by atoms with Crippen molar-refractivity contribution in [2.24, 2.45) is 0 Å². The zero-order chi connectivity index (χ0) is 9.30. The molecular formula is C6H12O5S. The summed E-state index contributed by atoms with van der Waals surface area (Å²) in [5.74, 6) is 0. The van der Waals surface area contributed by atoms with Crippen molar-refractivity contribution in [2.45, 2.75) is 29.0 Å². The average molecular weight is 196 g/mol. The molecule has 6 heteroatoms. The number of rotatable bonds is 1. The van der Waals surface area contributed by atoms with Crippen molar-refractivity contribution in [3.8, 4) is 0 Å². The predicted octanol–water partition coefficient (Wildman–Crippen LogP) is -2.50. The zero-order valence-corrected chi connectivity index (χ0v) is 7.05. The molecule has 72 valence electrons. The van der Waals surface area contributed by atoms with Crippen LogP contribution in [0.25, 0.3) is 0 Å². The molecule has 5 nitrogen and oxygen atoms in total. The van der Waals surface area contributed by atoms with Crippen molar-refractivity contribution < 1.29 is 25.5 Å². The van der Waals surface area contributed by atoms with E-state index in [0.29, 0.717) is 0 Å². The van der Waals surface area contributed by atoms with Gasteiger partial charge in [0, 0.05) is 0 Å². The van der Waals surface area contributed by atoms with E-state index in [1.54, 1.807) is 0 Å². The lowest BCUT2D eigenvalue weighted by Gasteiger charge is -2.36. The molecule has 0 radical (unpaired) electrons. The molecule has 1 fully saturated rings. The van der Waals surface area contributed by atoms with Crippen molar-refractivity contribution in [3.63, 3.8) is 0 Å². The number of thioether (sulfide) groups is 1. The molecule has 1 aliphatic rings. The summed E-state index contributed by atoms with van der Waals surface area (Å²) in [6.07, 6.45) is -3.94. The fraction of sp³-hybridized carbons (Fsp3) is 1.00. The second-order valence-electron chi connectivity index (χ2n) is 2.72. The molecule has 0 aromatic rings. The number of hydrogen-bond acceptors (Lipinski definition) is 6. The summed E-state index contributed by atoms with van der Waals surface area (Å²) in [5.41, 5.74) is -1.15. The van der Waals surface area contributed by atoms with Gasteiger partial charge in [-0.2, -0.15) is 0 Å². The molecule has 0 spiro atoms. The highest BCUT2D eigenvalue weighted by Gasteiger charge is 2.42. The summed E-state index contributed by atoms with van der Waals surface area (Å²) in [5, 5.41) is 44.6. The fourth-order valence-electron chi connectivity index (χ4n) is 1.08. The zero-order valence-electron chi connectivity index (χ0n) is 6.24. The fourth-order valence-corrected chi connectivity index (χ4v) is 2.17. The Bertz CT molecular complexity index is 150. The van der Waals surface area contributed by atoms with Gasteiger partial charge in [-0.3, -0.25) is 0 Å². The minimum atomic E-state index is -1.39. The highest BCUT2D eigenvalue weighted by atomic mass is 32.2. The van der Waals surface area contributed by atoms with Crippen molar-refractivity contribution in [2.75, 3.05) is 6.61 Å². The van der Waals surface area contributed by atoms with Crippen LogP contribution in [0.1, 0.15) is 0 Å². The molecule has 12 heavy (non-hydrogen) atoms. The van der Waals surface area contributed by atoms with Crippen molar-refractivity contribution in [1.29, 1.82) is 0 Å². The molecule has 1 rings (SSSR count). The van der Waals surface area contributed by atoms with Gasteiger partial charge in [0.25, 0.3) is 0 Å². The topological polar surface area (TPSA) is 101 Å². The van der Waals surface area contributed by atoms with Crippen LogP contribution in [0.4, 0.5) is 0 Å². The van der Waals surface area contributed by atoms with Crippen LogP contribution >= 0.6 is 11.8 Å². The Balaban J connectivity index is 2.63. The lowest BCUT2D eigenvalue weighted by atomic mass is 10.0. The van der Waals surface area contributed by atoms with E-state index in [9.17, 15) is 5.11 Å². The van der Waals surface area contributed by atoms with Crippen molar-refractivity contribution >= 4 is 11.8 Å². The summed E-state index contributed by atoms with van der Waals surface area (Å²) < 4.78 is 0. The van der Waals surface area contributed by atoms with Crippen LogP contribution in [0.2, 0.25) is 0 Å². The molecule has 0 aliphatic carbocycles. The monoisotopic (exact) mass is 196 g/mol. The second kappa shape index (κ2) is 3.91. The first-order chi connectivity index (χ1) is 5.57. The largest absolute Gasteiger partial charge is 0.395 e. The molecule has 1 aliphatic heterocycles. The normalized spacial score (nSPS) is 49.2. The van der Waals surface area contributed by atoms with Gasteiger partial charge in [0.2, 0.25) is 0 Å². The van der Waals surface area contributed by atoms with Gasteiger partial charge in [0.15, 0.2) is 0 Å². The maximum absolute atomic E-state index is 9.22. The molecular weight excluding hydrogens is 184 g/mol. The van der Waals surface area contributed by atoms with Gasteiger partial charge < -0.3 is 25.5 Å². The van der Waals surface area contributed by atoms with Crippen LogP contribution in [-0.4, -0.2) is 61.1 Å². The minimum absolute atomic E-state index is 0.341. The van der Waals surface area contributed by atoms with Gasteiger partial charge in [0.1, 0.15) is 17.6 Å². The van der Waals surface area contributed by atoms with Crippen molar-refractivity contribution in [1.82, 2.24) is 0 Å². The third kappa shape index (κ3) is 1.73. The van der Waals surface area contributed by atoms with Crippen LogP contribution in [-0.2, 0) is 0 Å². The van der Waals surface area contributed by atoms with E-state index >= 15 is 0 Å². The first-order valence-electron chi connectivity index (χ1n) is 3.56. The van der Waals surface area contributed by atoms with E-state index in [1.807, 2.05) is 0 Å². The molecule has 1 heterocycles. The molecule has 0 saturated carbocycles. The highest BCUT2D eigenvalue weighted by molar-refractivity contribution is 8.00. The highest BCUT2D eigenvalue weighted by Crippen LogP contribution is 2.30. The standard InChI is InChI=1S/C6H12O5S/c7-1-2-3(8)4(9)5(10)6(11)12-2/h2-11H,1H2/t2-,3-,4+,5-,6?/m0/s1.